The van der Waals surface area contributed by atoms with Crippen LogP contribution in [0.25, 0.3) is 0 Å². The van der Waals surface area contributed by atoms with Crippen molar-refractivity contribution in [3.8, 4) is 11.5 Å². The van der Waals surface area contributed by atoms with Crippen LogP contribution in [0.3, 0.4) is 0 Å². The van der Waals surface area contributed by atoms with Gasteiger partial charge >= 0.3 is 0 Å². The fourth-order valence-corrected chi connectivity index (χ4v) is 1.26. The molecule has 0 radical (unpaired) electrons. The fraction of sp³-hybridized carbons (Fsp3) is 0.400. The molecule has 0 atom stereocenters. The molecule has 0 aliphatic carbocycles. The van der Waals surface area contributed by atoms with E-state index in [0.29, 0.717) is 17.1 Å². The minimum absolute atomic E-state index is 0.0893. The largest absolute Gasteiger partial charge is 0.494 e. The lowest BCUT2D eigenvalue weighted by Crippen LogP contribution is -2.20. The first-order valence-electron chi connectivity index (χ1n) is 4.48. The van der Waals surface area contributed by atoms with E-state index in [4.69, 9.17) is 9.47 Å². The maximum absolute atomic E-state index is 11.8. The average Bonchev–Trinajstić information content (AvgIpc) is 2.28. The van der Waals surface area contributed by atoms with E-state index in [-0.39, 0.29) is 12.3 Å². The molecule has 5 nitrogen and oxygen atoms in total. The van der Waals surface area contributed by atoms with Crippen LogP contribution >= 0.6 is 0 Å². The Morgan fingerprint density at radius 1 is 1.33 bits per heavy atom. The van der Waals surface area contributed by atoms with Gasteiger partial charge in [-0.2, -0.15) is 0 Å². The van der Waals surface area contributed by atoms with Crippen LogP contribution in [-0.2, 0) is 0 Å². The number of carbonyl (C=O) groups is 1. The number of rotatable bonds is 5. The van der Waals surface area contributed by atoms with Gasteiger partial charge in [0.15, 0.2) is 17.3 Å². The minimum atomic E-state index is -0.0893. The number of hydrogen-bond acceptors (Lipinski definition) is 5. The van der Waals surface area contributed by atoms with E-state index in [0.717, 1.165) is 0 Å². The summed E-state index contributed by atoms with van der Waals surface area (Å²) in [5.74, 6) is 0.762. The number of pyridine rings is 1. The molecule has 1 N–H and O–H groups in total. The third kappa shape index (κ3) is 2.44. The van der Waals surface area contributed by atoms with Gasteiger partial charge < -0.3 is 14.8 Å². The molecule has 0 fully saturated rings. The molecule has 0 amide bonds. The number of carbonyl (C=O) groups excluding carboxylic acids is 1. The highest BCUT2D eigenvalue weighted by Gasteiger charge is 2.17. The molecule has 0 aromatic carbocycles. The summed E-state index contributed by atoms with van der Waals surface area (Å²) < 4.78 is 10.1. The van der Waals surface area contributed by atoms with Crippen LogP contribution in [0.2, 0.25) is 0 Å². The molecular formula is C10H14N2O3. The second-order valence-corrected chi connectivity index (χ2v) is 2.87. The van der Waals surface area contributed by atoms with Gasteiger partial charge in [0.1, 0.15) is 5.56 Å². The van der Waals surface area contributed by atoms with Crippen molar-refractivity contribution in [1.29, 1.82) is 0 Å². The summed E-state index contributed by atoms with van der Waals surface area (Å²) in [7, 11) is 4.69. The summed E-state index contributed by atoms with van der Waals surface area (Å²) >= 11 is 0. The van der Waals surface area contributed by atoms with Gasteiger partial charge in [0.2, 0.25) is 0 Å². The minimum Gasteiger partial charge on any atom is -0.494 e. The molecule has 0 aliphatic rings. The highest BCUT2D eigenvalue weighted by molar-refractivity contribution is 6.02. The van der Waals surface area contributed by atoms with Crippen molar-refractivity contribution in [2.45, 2.75) is 0 Å². The smallest absolute Gasteiger partial charge is 0.184 e. The van der Waals surface area contributed by atoms with Crippen molar-refractivity contribution in [2.75, 3.05) is 27.8 Å². The first-order chi connectivity index (χ1) is 7.24. The lowest BCUT2D eigenvalue weighted by atomic mass is 10.1. The summed E-state index contributed by atoms with van der Waals surface area (Å²) in [5, 5.41) is 2.79. The molecule has 1 rings (SSSR count). The van der Waals surface area contributed by atoms with Crippen LogP contribution in [0.15, 0.2) is 12.4 Å². The summed E-state index contributed by atoms with van der Waals surface area (Å²) in [6, 6.07) is 0. The molecule has 82 valence electrons. The van der Waals surface area contributed by atoms with E-state index in [9.17, 15) is 4.79 Å². The zero-order valence-electron chi connectivity index (χ0n) is 9.03. The summed E-state index contributed by atoms with van der Waals surface area (Å²) in [6.45, 7) is 0.233. The zero-order chi connectivity index (χ0) is 11.3. The molecule has 0 saturated heterocycles. The Bertz CT molecular complexity index is 330. The Kier molecular flexibility index (Phi) is 4.05. The average molecular weight is 210 g/mol. The van der Waals surface area contributed by atoms with Crippen LogP contribution in [0.1, 0.15) is 10.4 Å². The molecular weight excluding hydrogens is 196 g/mol. The number of nitrogens with one attached hydrogen (secondary N) is 1. The quantitative estimate of drug-likeness (QED) is 0.717. The number of methoxy groups -OCH3 is 2. The molecule has 0 bridgehead atoms. The van der Waals surface area contributed by atoms with Crippen LogP contribution in [-0.4, -0.2) is 38.6 Å². The maximum atomic E-state index is 11.8. The first-order valence-corrected chi connectivity index (χ1v) is 4.48. The van der Waals surface area contributed by atoms with E-state index >= 15 is 0 Å². The van der Waals surface area contributed by atoms with Gasteiger partial charge in [0.05, 0.1) is 33.2 Å². The Hall–Kier alpha value is -1.62. The Balaban J connectivity index is 3.15. The van der Waals surface area contributed by atoms with Gasteiger partial charge in [-0.25, -0.2) is 0 Å². The molecule has 0 unspecified atom stereocenters. The lowest BCUT2D eigenvalue weighted by molar-refractivity contribution is 0.0987. The monoisotopic (exact) mass is 210 g/mol. The molecule has 1 heterocycles. The third-order valence-electron chi connectivity index (χ3n) is 1.93. The number of Topliss-reactive ketones (excluding diaryl/α,β-unsaturated/α-hetero) is 1. The van der Waals surface area contributed by atoms with Crippen molar-refractivity contribution in [3.63, 3.8) is 0 Å². The first kappa shape index (κ1) is 11.5. The molecule has 1 aromatic heterocycles. The number of likely N-dealkylation sites (N-methyl/N-ethyl adjacent to an activating group) is 1. The Morgan fingerprint density at radius 3 is 2.27 bits per heavy atom. The topological polar surface area (TPSA) is 60.5 Å². The van der Waals surface area contributed by atoms with E-state index in [1.165, 1.54) is 26.6 Å². The second kappa shape index (κ2) is 5.31. The van der Waals surface area contributed by atoms with Gasteiger partial charge in [-0.1, -0.05) is 0 Å². The van der Waals surface area contributed by atoms with Crippen LogP contribution in [0, 0.1) is 0 Å². The molecule has 0 spiro atoms. The highest BCUT2D eigenvalue weighted by atomic mass is 16.5. The summed E-state index contributed by atoms with van der Waals surface area (Å²) in [4.78, 5) is 15.7. The van der Waals surface area contributed by atoms with Crippen LogP contribution in [0.4, 0.5) is 0 Å². The fourth-order valence-electron chi connectivity index (χ4n) is 1.26. The molecule has 0 aliphatic heterocycles. The number of hydrogen-bond donors (Lipinski definition) is 1. The normalized spacial score (nSPS) is 9.80. The standard InChI is InChI=1S/C10H14N2O3/c1-11-4-7(13)10-8(14-2)5-12-6-9(10)15-3/h5-6,11H,4H2,1-3H3. The second-order valence-electron chi connectivity index (χ2n) is 2.87. The third-order valence-corrected chi connectivity index (χ3v) is 1.93. The van der Waals surface area contributed by atoms with Crippen molar-refractivity contribution in [1.82, 2.24) is 10.3 Å². The molecule has 5 heteroatoms. The van der Waals surface area contributed by atoms with Gasteiger partial charge in [0.25, 0.3) is 0 Å². The van der Waals surface area contributed by atoms with Crippen molar-refractivity contribution in [2.24, 2.45) is 0 Å². The maximum Gasteiger partial charge on any atom is 0.184 e. The van der Waals surface area contributed by atoms with Gasteiger partial charge in [-0.3, -0.25) is 9.78 Å². The summed E-state index contributed by atoms with van der Waals surface area (Å²) in [5.41, 5.74) is 0.421. The molecule has 0 saturated carbocycles. The Morgan fingerprint density at radius 2 is 1.87 bits per heavy atom. The number of ketones is 1. The van der Waals surface area contributed by atoms with E-state index in [1.807, 2.05) is 0 Å². The van der Waals surface area contributed by atoms with Gasteiger partial charge in [-0.15, -0.1) is 0 Å². The van der Waals surface area contributed by atoms with E-state index in [2.05, 4.69) is 10.3 Å². The highest BCUT2D eigenvalue weighted by Crippen LogP contribution is 2.26. The summed E-state index contributed by atoms with van der Waals surface area (Å²) in [6.07, 6.45) is 2.98. The Labute approximate surface area is 88.4 Å². The van der Waals surface area contributed by atoms with Gasteiger partial charge in [0, 0.05) is 0 Å². The van der Waals surface area contributed by atoms with Gasteiger partial charge in [-0.05, 0) is 7.05 Å². The SMILES string of the molecule is CNCC(=O)c1c(OC)cncc1OC. The van der Waals surface area contributed by atoms with Crippen molar-refractivity contribution in [3.05, 3.63) is 18.0 Å². The van der Waals surface area contributed by atoms with Crippen molar-refractivity contribution < 1.29 is 14.3 Å². The van der Waals surface area contributed by atoms with Crippen LogP contribution < -0.4 is 14.8 Å². The van der Waals surface area contributed by atoms with Crippen LogP contribution in [0.5, 0.6) is 11.5 Å². The number of aromatic nitrogens is 1. The zero-order valence-corrected chi connectivity index (χ0v) is 9.03. The lowest BCUT2D eigenvalue weighted by Gasteiger charge is -2.10. The number of ether oxygens (including phenoxy) is 2. The van der Waals surface area contributed by atoms with Crippen molar-refractivity contribution >= 4 is 5.78 Å². The predicted octanol–water partition coefficient (Wildman–Crippen LogP) is 0.501. The molecule has 1 aromatic rings. The van der Waals surface area contributed by atoms with E-state index < -0.39 is 0 Å². The van der Waals surface area contributed by atoms with E-state index in [1.54, 1.807) is 7.05 Å². The predicted molar refractivity (Wildman–Crippen MR) is 55.6 cm³/mol. The molecule has 15 heavy (non-hydrogen) atoms. The number of nitrogens with zero attached hydrogens (tertiary/aromatic N) is 1.